The molecular formula is C45H67N3O11. The predicted octanol–water partition coefficient (Wildman–Crippen LogP) is 5.56. The van der Waals surface area contributed by atoms with E-state index in [4.69, 9.17) is 38.4 Å². The summed E-state index contributed by atoms with van der Waals surface area (Å²) in [7, 11) is 0. The lowest BCUT2D eigenvalue weighted by Crippen LogP contribution is -2.70. The highest BCUT2D eigenvalue weighted by atomic mass is 16.8. The second kappa shape index (κ2) is 22.9. The van der Waals surface area contributed by atoms with Crippen LogP contribution < -0.4 is 9.47 Å². The first-order chi connectivity index (χ1) is 29.0. The molecule has 3 heterocycles. The Balaban J connectivity index is 1.53. The highest BCUT2D eigenvalue weighted by Gasteiger charge is 2.65. The highest BCUT2D eigenvalue weighted by Crippen LogP contribution is 2.62. The molecule has 7 atom stereocenters. The maximum atomic E-state index is 14.4. The number of benzene rings is 1. The Bertz CT molecular complexity index is 1560. The van der Waals surface area contributed by atoms with Crippen molar-refractivity contribution in [1.29, 1.82) is 0 Å². The van der Waals surface area contributed by atoms with Gasteiger partial charge in [0.2, 0.25) is 12.1 Å². The second-order valence-corrected chi connectivity index (χ2v) is 16.1. The van der Waals surface area contributed by atoms with Crippen molar-refractivity contribution < 1.29 is 53.4 Å². The van der Waals surface area contributed by atoms with E-state index in [1.165, 1.54) is 0 Å². The number of amides is 1. The van der Waals surface area contributed by atoms with Gasteiger partial charge in [0.25, 0.3) is 0 Å². The number of aliphatic hydroxyl groups is 3. The average molecular weight is 826 g/mol. The number of unbranched alkanes of at least 4 members (excludes halogenated alkanes) is 2. The van der Waals surface area contributed by atoms with E-state index in [2.05, 4.69) is 30.2 Å². The molecule has 1 amide bonds. The van der Waals surface area contributed by atoms with Gasteiger partial charge >= 0.3 is 6.09 Å². The Hall–Kier alpha value is -3.50. The van der Waals surface area contributed by atoms with E-state index in [0.717, 1.165) is 81.5 Å². The number of aliphatic hydroxyl groups excluding tert-OH is 3. The number of carbonyl (C=O) groups excluding carboxylic acids is 1. The van der Waals surface area contributed by atoms with E-state index in [-0.39, 0.29) is 77.0 Å². The molecule has 5 aliphatic rings. The second-order valence-electron chi connectivity index (χ2n) is 16.1. The van der Waals surface area contributed by atoms with Gasteiger partial charge in [-0.3, -0.25) is 9.80 Å². The summed E-state index contributed by atoms with van der Waals surface area (Å²) in [5.41, 5.74) is 2.61. The maximum Gasteiger partial charge on any atom is 0.410 e. The number of rotatable bonds is 26. The van der Waals surface area contributed by atoms with Gasteiger partial charge in [0.05, 0.1) is 51.3 Å². The maximum absolute atomic E-state index is 14.4. The molecule has 3 fully saturated rings. The number of oxime groups is 1. The summed E-state index contributed by atoms with van der Waals surface area (Å²) in [5, 5.41) is 34.2. The first-order valence-corrected chi connectivity index (χ1v) is 21.9. The van der Waals surface area contributed by atoms with Crippen molar-refractivity contribution in [2.75, 3.05) is 85.6 Å². The SMILES string of the molecule is C=CCCOC(=O)N(CCOCCO)[C@H]1CC(=NOC2CCCCO2)C2=C[C@H](CCCCO)[C@@H](CCCCO)[C@@H]3c4cc(OCCN5CC5)ccc4O[C@@]1(OCC=C)[C@H]23. The van der Waals surface area contributed by atoms with Crippen molar-refractivity contribution in [2.24, 2.45) is 22.9 Å². The summed E-state index contributed by atoms with van der Waals surface area (Å²) >= 11 is 0. The normalized spacial score (nSPS) is 27.8. The fourth-order valence-corrected chi connectivity index (χ4v) is 9.26. The summed E-state index contributed by atoms with van der Waals surface area (Å²) < 4.78 is 38.3. The largest absolute Gasteiger partial charge is 0.492 e. The molecule has 0 aromatic heterocycles. The first kappa shape index (κ1) is 45.0. The molecule has 1 saturated carbocycles. The molecule has 2 aliphatic carbocycles. The van der Waals surface area contributed by atoms with Crippen LogP contribution in [0.1, 0.15) is 82.1 Å². The molecule has 328 valence electrons. The summed E-state index contributed by atoms with van der Waals surface area (Å²) in [6.07, 6.45) is 12.6. The Morgan fingerprint density at radius 3 is 2.56 bits per heavy atom. The van der Waals surface area contributed by atoms with Crippen molar-refractivity contribution in [2.45, 2.75) is 94.7 Å². The zero-order valence-electron chi connectivity index (χ0n) is 34.8. The smallest absolute Gasteiger partial charge is 0.410 e. The van der Waals surface area contributed by atoms with Crippen molar-refractivity contribution in [1.82, 2.24) is 9.80 Å². The zero-order chi connectivity index (χ0) is 41.5. The lowest BCUT2D eigenvalue weighted by atomic mass is 9.55. The molecule has 14 nitrogen and oxygen atoms in total. The molecule has 3 N–H and O–H groups in total. The fraction of sp³-hybridized carbons (Fsp3) is 0.689. The third-order valence-corrected chi connectivity index (χ3v) is 12.1. The molecule has 59 heavy (non-hydrogen) atoms. The number of allylic oxidation sites excluding steroid dienone is 1. The van der Waals surface area contributed by atoms with Crippen LogP contribution in [0.25, 0.3) is 0 Å². The Labute approximate surface area is 349 Å². The third-order valence-electron chi connectivity index (χ3n) is 12.1. The standard InChI is InChI=1S/C45H67N3O11/c1-3-5-25-56-44(52)48(20-27-53-29-23-51)40-32-38(46-59-41-14-8-11-26-55-41)36-30-33(12-6-9-21-49)35(13-7-10-22-50)42-37-31-34(54-28-19-47-17-18-47)15-16-39(37)58-45(40,43(36)42)57-24-4-2/h3-4,15-16,30-31,33,35,40-43,49-51H,1-2,5-14,17-29,32H2/t33-,35+,40-,41?,42+,43+,45+/m0/s1. The monoisotopic (exact) mass is 825 g/mol. The molecule has 1 aromatic carbocycles. The summed E-state index contributed by atoms with van der Waals surface area (Å²) in [6, 6.07) is 5.23. The quantitative estimate of drug-likeness (QED) is 0.0463. The fourth-order valence-electron chi connectivity index (χ4n) is 9.26. The molecule has 0 radical (unpaired) electrons. The minimum atomic E-state index is -1.45. The van der Waals surface area contributed by atoms with Crippen molar-refractivity contribution in [3.05, 3.63) is 60.7 Å². The van der Waals surface area contributed by atoms with Crippen LogP contribution in [0, 0.1) is 17.8 Å². The van der Waals surface area contributed by atoms with Crippen LogP contribution in [0.5, 0.6) is 11.5 Å². The lowest BCUT2D eigenvalue weighted by Gasteiger charge is -2.59. The lowest BCUT2D eigenvalue weighted by molar-refractivity contribution is -0.256. The van der Waals surface area contributed by atoms with Crippen LogP contribution >= 0.6 is 0 Å². The van der Waals surface area contributed by atoms with E-state index >= 15 is 0 Å². The minimum Gasteiger partial charge on any atom is -0.492 e. The molecule has 3 aliphatic heterocycles. The molecule has 1 aromatic rings. The average Bonchev–Trinajstić information content (AvgIpc) is 4.09. The number of carbonyl (C=O) groups is 1. The first-order valence-electron chi connectivity index (χ1n) is 21.9. The summed E-state index contributed by atoms with van der Waals surface area (Å²) in [4.78, 5) is 24.6. The number of nitrogens with zero attached hydrogens (tertiary/aromatic N) is 3. The predicted molar refractivity (Wildman–Crippen MR) is 222 cm³/mol. The zero-order valence-corrected chi connectivity index (χ0v) is 34.8. The number of hydrogen-bond donors (Lipinski definition) is 3. The molecular weight excluding hydrogens is 759 g/mol. The third kappa shape index (κ3) is 11.5. The van der Waals surface area contributed by atoms with Crippen molar-refractivity contribution in [3.63, 3.8) is 0 Å². The van der Waals surface area contributed by atoms with Gasteiger partial charge in [-0.15, -0.1) is 13.2 Å². The van der Waals surface area contributed by atoms with Crippen LogP contribution in [-0.4, -0.2) is 141 Å². The van der Waals surface area contributed by atoms with Gasteiger partial charge in [0, 0.05) is 63.7 Å². The molecule has 1 unspecified atom stereocenters. The number of hydrogen-bond acceptors (Lipinski definition) is 13. The Morgan fingerprint density at radius 1 is 1.00 bits per heavy atom. The van der Waals surface area contributed by atoms with E-state index in [0.29, 0.717) is 43.9 Å². The molecule has 0 spiro atoms. The Kier molecular flexibility index (Phi) is 17.5. The van der Waals surface area contributed by atoms with Gasteiger partial charge in [0.1, 0.15) is 24.1 Å². The van der Waals surface area contributed by atoms with Crippen LogP contribution in [0.2, 0.25) is 0 Å². The molecule has 6 rings (SSSR count). The van der Waals surface area contributed by atoms with Crippen LogP contribution in [0.3, 0.4) is 0 Å². The van der Waals surface area contributed by atoms with E-state index in [1.807, 2.05) is 12.1 Å². The topological polar surface area (TPSA) is 161 Å². The van der Waals surface area contributed by atoms with Gasteiger partial charge in [0.15, 0.2) is 0 Å². The number of fused-ring (bicyclic) bond motifs is 2. The Morgan fingerprint density at radius 2 is 1.83 bits per heavy atom. The van der Waals surface area contributed by atoms with Crippen molar-refractivity contribution >= 4 is 11.8 Å². The van der Waals surface area contributed by atoms with Gasteiger partial charge in [-0.1, -0.05) is 36.2 Å². The summed E-state index contributed by atoms with van der Waals surface area (Å²) in [5.74, 6) is -0.565. The van der Waals surface area contributed by atoms with Gasteiger partial charge in [-0.2, -0.15) is 0 Å². The van der Waals surface area contributed by atoms with Gasteiger partial charge in [-0.05, 0) is 80.6 Å². The van der Waals surface area contributed by atoms with Crippen molar-refractivity contribution in [3.8, 4) is 11.5 Å². The van der Waals surface area contributed by atoms with E-state index in [1.54, 1.807) is 17.1 Å². The minimum absolute atomic E-state index is 0.0691. The van der Waals surface area contributed by atoms with E-state index in [9.17, 15) is 20.1 Å². The molecule has 2 saturated heterocycles. The molecule has 14 heteroatoms. The van der Waals surface area contributed by atoms with E-state index < -0.39 is 30.1 Å². The summed E-state index contributed by atoms with van der Waals surface area (Å²) in [6.45, 7) is 12.7. The van der Waals surface area contributed by atoms with Gasteiger partial charge < -0.3 is 48.6 Å². The molecule has 0 bridgehead atoms. The van der Waals surface area contributed by atoms with Crippen LogP contribution in [0.4, 0.5) is 4.79 Å². The number of ether oxygens (including phenoxy) is 6. The van der Waals surface area contributed by atoms with Crippen LogP contribution in [0.15, 0.2) is 60.3 Å². The van der Waals surface area contributed by atoms with Gasteiger partial charge in [-0.25, -0.2) is 4.79 Å². The highest BCUT2D eigenvalue weighted by molar-refractivity contribution is 6.03. The van der Waals surface area contributed by atoms with Crippen LogP contribution in [-0.2, 0) is 23.8 Å².